The summed E-state index contributed by atoms with van der Waals surface area (Å²) in [6.45, 7) is 2.05. The van der Waals surface area contributed by atoms with E-state index in [1.54, 1.807) is 6.92 Å². The normalized spacial score (nSPS) is 12.0. The fourth-order valence-corrected chi connectivity index (χ4v) is 1.73. The minimum Gasteiger partial charge on any atom is -0.478 e. The third-order valence-electron chi connectivity index (χ3n) is 2.48. The third kappa shape index (κ3) is 1.79. The van der Waals surface area contributed by atoms with Gasteiger partial charge >= 0.3 is 12.1 Å². The summed E-state index contributed by atoms with van der Waals surface area (Å²) in [7, 11) is 0. The first-order valence-corrected chi connectivity index (χ1v) is 5.01. The Morgan fingerprint density at radius 1 is 1.44 bits per heavy atom. The van der Waals surface area contributed by atoms with Gasteiger partial charge in [-0.2, -0.15) is 18.3 Å². The van der Waals surface area contributed by atoms with Crippen LogP contribution in [0.25, 0.3) is 11.0 Å². The number of alkyl halides is 3. The lowest BCUT2D eigenvalue weighted by Gasteiger charge is -2.11. The number of fused-ring (bicyclic) bond motifs is 1. The number of hydrogen-bond acceptors (Lipinski definition) is 3. The number of carbonyl (C=O) groups is 1. The molecule has 0 amide bonds. The van der Waals surface area contributed by atoms with Crippen molar-refractivity contribution in [1.82, 2.24) is 14.8 Å². The van der Waals surface area contributed by atoms with E-state index < -0.39 is 23.3 Å². The lowest BCUT2D eigenvalue weighted by molar-refractivity contribution is -0.136. The molecule has 0 unspecified atom stereocenters. The van der Waals surface area contributed by atoms with Gasteiger partial charge in [0, 0.05) is 12.7 Å². The van der Waals surface area contributed by atoms with E-state index in [9.17, 15) is 18.0 Å². The van der Waals surface area contributed by atoms with Crippen LogP contribution in [0, 0.1) is 0 Å². The Hall–Kier alpha value is -2.12. The number of pyridine rings is 1. The standard InChI is InChI=1S/C10H8F3N3O2/c1-2-16-8-5(4-15-16)7(10(11,12)13)6(3-14-8)9(17)18/h3-4H,2H2,1H3,(H,17,18). The van der Waals surface area contributed by atoms with Gasteiger partial charge in [0.05, 0.1) is 22.7 Å². The van der Waals surface area contributed by atoms with Crippen molar-refractivity contribution in [3.05, 3.63) is 23.5 Å². The molecule has 0 aliphatic rings. The highest BCUT2D eigenvalue weighted by Gasteiger charge is 2.38. The van der Waals surface area contributed by atoms with Gasteiger partial charge in [-0.1, -0.05) is 0 Å². The lowest BCUT2D eigenvalue weighted by Crippen LogP contribution is -2.14. The average molecular weight is 259 g/mol. The Morgan fingerprint density at radius 3 is 2.61 bits per heavy atom. The average Bonchev–Trinajstić information content (AvgIpc) is 2.68. The van der Waals surface area contributed by atoms with Crippen LogP contribution in [0.4, 0.5) is 13.2 Å². The van der Waals surface area contributed by atoms with Crippen molar-refractivity contribution in [3.8, 4) is 0 Å². The Morgan fingerprint density at radius 2 is 2.11 bits per heavy atom. The molecule has 5 nitrogen and oxygen atoms in total. The molecule has 18 heavy (non-hydrogen) atoms. The Bertz CT molecular complexity index is 619. The van der Waals surface area contributed by atoms with Crippen LogP contribution in [0.5, 0.6) is 0 Å². The summed E-state index contributed by atoms with van der Waals surface area (Å²) in [5, 5.41) is 12.2. The molecule has 8 heteroatoms. The second-order valence-electron chi connectivity index (χ2n) is 3.55. The van der Waals surface area contributed by atoms with Gasteiger partial charge in [0.15, 0.2) is 5.65 Å². The van der Waals surface area contributed by atoms with Crippen LogP contribution in [-0.2, 0) is 12.7 Å². The fraction of sp³-hybridized carbons (Fsp3) is 0.300. The van der Waals surface area contributed by atoms with Gasteiger partial charge in [0.2, 0.25) is 0 Å². The quantitative estimate of drug-likeness (QED) is 0.897. The van der Waals surface area contributed by atoms with Gasteiger partial charge < -0.3 is 5.11 Å². The van der Waals surface area contributed by atoms with Gasteiger partial charge in [0.25, 0.3) is 0 Å². The Balaban J connectivity index is 2.86. The number of aryl methyl sites for hydroxylation is 1. The number of hydrogen-bond donors (Lipinski definition) is 1. The van der Waals surface area contributed by atoms with Crippen molar-refractivity contribution in [1.29, 1.82) is 0 Å². The van der Waals surface area contributed by atoms with Gasteiger partial charge in [0.1, 0.15) is 0 Å². The SMILES string of the molecule is CCn1ncc2c(C(F)(F)F)c(C(=O)O)cnc21. The van der Waals surface area contributed by atoms with Crippen molar-refractivity contribution in [2.75, 3.05) is 0 Å². The summed E-state index contributed by atoms with van der Waals surface area (Å²) in [4.78, 5) is 14.5. The number of aromatic carboxylic acids is 1. The molecule has 0 saturated carbocycles. The van der Waals surface area contributed by atoms with Crippen LogP contribution >= 0.6 is 0 Å². The van der Waals surface area contributed by atoms with Crippen LogP contribution in [0.1, 0.15) is 22.8 Å². The van der Waals surface area contributed by atoms with Crippen LogP contribution in [-0.4, -0.2) is 25.8 Å². The molecule has 0 bridgehead atoms. The molecular weight excluding hydrogens is 251 g/mol. The molecule has 1 N–H and O–H groups in total. The van der Waals surface area contributed by atoms with Gasteiger partial charge in [-0.15, -0.1) is 0 Å². The second kappa shape index (κ2) is 3.97. The highest BCUT2D eigenvalue weighted by molar-refractivity contribution is 5.95. The monoisotopic (exact) mass is 259 g/mol. The summed E-state index contributed by atoms with van der Waals surface area (Å²) in [5.41, 5.74) is -2.06. The van der Waals surface area contributed by atoms with E-state index in [1.807, 2.05) is 0 Å². The van der Waals surface area contributed by atoms with E-state index in [-0.39, 0.29) is 11.0 Å². The maximum absolute atomic E-state index is 12.9. The van der Waals surface area contributed by atoms with E-state index in [0.717, 1.165) is 6.20 Å². The first-order chi connectivity index (χ1) is 8.36. The maximum atomic E-state index is 12.9. The first kappa shape index (κ1) is 12.3. The van der Waals surface area contributed by atoms with Crippen molar-refractivity contribution < 1.29 is 23.1 Å². The number of aromatic nitrogens is 3. The van der Waals surface area contributed by atoms with Crippen LogP contribution in [0.2, 0.25) is 0 Å². The molecule has 96 valence electrons. The Kier molecular flexibility index (Phi) is 2.72. The highest BCUT2D eigenvalue weighted by Crippen LogP contribution is 2.36. The molecule has 2 aromatic rings. The van der Waals surface area contributed by atoms with Gasteiger partial charge in [-0.25, -0.2) is 14.5 Å². The smallest absolute Gasteiger partial charge is 0.418 e. The summed E-state index contributed by atoms with van der Waals surface area (Å²) >= 11 is 0. The van der Waals surface area contributed by atoms with Crippen molar-refractivity contribution in [2.45, 2.75) is 19.6 Å². The highest BCUT2D eigenvalue weighted by atomic mass is 19.4. The molecule has 2 rings (SSSR count). The van der Waals surface area contributed by atoms with E-state index in [2.05, 4.69) is 10.1 Å². The van der Waals surface area contributed by atoms with E-state index in [0.29, 0.717) is 12.7 Å². The Labute approximate surface area is 98.9 Å². The second-order valence-corrected chi connectivity index (χ2v) is 3.55. The molecule has 0 aromatic carbocycles. The zero-order chi connectivity index (χ0) is 13.5. The predicted octanol–water partition coefficient (Wildman–Crippen LogP) is 2.17. The molecule has 0 atom stereocenters. The summed E-state index contributed by atoms with van der Waals surface area (Å²) < 4.78 is 40.0. The van der Waals surface area contributed by atoms with E-state index in [1.165, 1.54) is 4.68 Å². The summed E-state index contributed by atoms with van der Waals surface area (Å²) in [6.07, 6.45) is -3.07. The molecular formula is C10H8F3N3O2. The van der Waals surface area contributed by atoms with Crippen molar-refractivity contribution in [3.63, 3.8) is 0 Å². The maximum Gasteiger partial charge on any atom is 0.418 e. The number of halogens is 3. The molecule has 0 fully saturated rings. The van der Waals surface area contributed by atoms with E-state index in [4.69, 9.17) is 5.11 Å². The van der Waals surface area contributed by atoms with E-state index >= 15 is 0 Å². The number of carboxylic acids is 1. The molecule has 0 spiro atoms. The zero-order valence-corrected chi connectivity index (χ0v) is 9.19. The molecule has 2 aromatic heterocycles. The minimum absolute atomic E-state index is 0.0230. The molecule has 0 aliphatic carbocycles. The molecule has 0 saturated heterocycles. The van der Waals surface area contributed by atoms with Crippen LogP contribution < -0.4 is 0 Å². The first-order valence-electron chi connectivity index (χ1n) is 5.01. The van der Waals surface area contributed by atoms with Crippen LogP contribution in [0.3, 0.4) is 0 Å². The lowest BCUT2D eigenvalue weighted by atomic mass is 10.1. The third-order valence-corrected chi connectivity index (χ3v) is 2.48. The number of rotatable bonds is 2. The fourth-order valence-electron chi connectivity index (χ4n) is 1.73. The summed E-state index contributed by atoms with van der Waals surface area (Å²) in [6, 6.07) is 0. The largest absolute Gasteiger partial charge is 0.478 e. The molecule has 2 heterocycles. The van der Waals surface area contributed by atoms with Gasteiger partial charge in [-0.05, 0) is 6.92 Å². The van der Waals surface area contributed by atoms with Gasteiger partial charge in [-0.3, -0.25) is 0 Å². The molecule has 0 aliphatic heterocycles. The predicted molar refractivity (Wildman–Crippen MR) is 55.2 cm³/mol. The minimum atomic E-state index is -4.77. The number of nitrogens with zero attached hydrogens (tertiary/aromatic N) is 3. The van der Waals surface area contributed by atoms with Crippen molar-refractivity contribution in [2.24, 2.45) is 0 Å². The molecule has 0 radical (unpaired) electrons. The van der Waals surface area contributed by atoms with Crippen molar-refractivity contribution >= 4 is 17.0 Å². The zero-order valence-electron chi connectivity index (χ0n) is 9.19. The number of carboxylic acid groups (broad SMARTS) is 1. The van der Waals surface area contributed by atoms with Crippen LogP contribution in [0.15, 0.2) is 12.4 Å². The topological polar surface area (TPSA) is 68.0 Å². The summed E-state index contributed by atoms with van der Waals surface area (Å²) in [5.74, 6) is -1.67.